The number of nitrogens with one attached hydrogen (secondary N) is 1. The van der Waals surface area contributed by atoms with E-state index in [4.69, 9.17) is 4.74 Å². The summed E-state index contributed by atoms with van der Waals surface area (Å²) in [5.74, 6) is -2.70. The molecule has 1 unspecified atom stereocenters. The summed E-state index contributed by atoms with van der Waals surface area (Å²) in [5, 5.41) is 0. The average Bonchev–Trinajstić information content (AvgIpc) is 2.80. The second-order valence-corrected chi connectivity index (χ2v) is 8.43. The van der Waals surface area contributed by atoms with Crippen molar-refractivity contribution >= 4 is 6.08 Å². The molecule has 10 heteroatoms. The maximum atomic E-state index is 14.3. The first-order valence-corrected chi connectivity index (χ1v) is 10.8. The molecule has 4 heterocycles. The summed E-state index contributed by atoms with van der Waals surface area (Å²) >= 11 is 0. The zero-order valence-corrected chi connectivity index (χ0v) is 18.6. The van der Waals surface area contributed by atoms with E-state index in [9.17, 15) is 18.0 Å². The lowest BCUT2D eigenvalue weighted by molar-refractivity contribution is 0.180. The number of halogens is 3. The summed E-state index contributed by atoms with van der Waals surface area (Å²) in [7, 11) is 1.55. The molecule has 2 aliphatic heterocycles. The van der Waals surface area contributed by atoms with Gasteiger partial charge in [0.25, 0.3) is 5.56 Å². The summed E-state index contributed by atoms with van der Waals surface area (Å²) < 4.78 is 47.9. The maximum absolute atomic E-state index is 14.3. The zero-order valence-electron chi connectivity index (χ0n) is 18.6. The fourth-order valence-electron chi connectivity index (χ4n) is 4.43. The van der Waals surface area contributed by atoms with Crippen molar-refractivity contribution in [2.24, 2.45) is 0 Å². The highest BCUT2D eigenvalue weighted by Gasteiger charge is 2.29. The SMILES string of the molecule is COCc1cc(=O)n2c(n1)C=C(C)C(N1CCc3ncc(-c4cc(F)c(F)cc4F)cc3C1)N2. The molecule has 1 N–H and O–H groups in total. The molecule has 34 heavy (non-hydrogen) atoms. The molecule has 0 fully saturated rings. The van der Waals surface area contributed by atoms with Gasteiger partial charge in [0.15, 0.2) is 17.5 Å². The molecule has 0 bridgehead atoms. The van der Waals surface area contributed by atoms with E-state index < -0.39 is 17.5 Å². The van der Waals surface area contributed by atoms with Crippen LogP contribution < -0.4 is 11.0 Å². The van der Waals surface area contributed by atoms with Gasteiger partial charge >= 0.3 is 0 Å². The normalized spacial score (nSPS) is 17.6. The molecule has 0 aliphatic carbocycles. The van der Waals surface area contributed by atoms with Crippen LogP contribution in [0.2, 0.25) is 0 Å². The Balaban J connectivity index is 1.43. The highest BCUT2D eigenvalue weighted by molar-refractivity contribution is 5.64. The van der Waals surface area contributed by atoms with Crippen molar-refractivity contribution in [3.05, 3.63) is 86.6 Å². The number of hydrogen-bond acceptors (Lipinski definition) is 6. The van der Waals surface area contributed by atoms with E-state index in [0.717, 1.165) is 22.9 Å². The van der Waals surface area contributed by atoms with Crippen molar-refractivity contribution in [2.45, 2.75) is 32.7 Å². The number of methoxy groups -OCH3 is 1. The van der Waals surface area contributed by atoms with Crippen molar-refractivity contribution < 1.29 is 17.9 Å². The molecule has 5 rings (SSSR count). The number of pyridine rings is 1. The Kier molecular flexibility index (Phi) is 5.70. The van der Waals surface area contributed by atoms with Gasteiger partial charge in [0.1, 0.15) is 12.0 Å². The molecule has 7 nitrogen and oxygen atoms in total. The number of rotatable bonds is 4. The Hall–Kier alpha value is -3.50. The molecule has 1 atom stereocenters. The lowest BCUT2D eigenvalue weighted by atomic mass is 9.98. The van der Waals surface area contributed by atoms with Crippen LogP contribution >= 0.6 is 0 Å². The Morgan fingerprint density at radius 1 is 1.15 bits per heavy atom. The van der Waals surface area contributed by atoms with Crippen LogP contribution in [0.25, 0.3) is 17.2 Å². The minimum absolute atomic E-state index is 0.0448. The average molecular weight is 469 g/mol. The van der Waals surface area contributed by atoms with Crippen molar-refractivity contribution in [1.29, 1.82) is 0 Å². The van der Waals surface area contributed by atoms with E-state index in [1.54, 1.807) is 13.2 Å². The van der Waals surface area contributed by atoms with Crippen LogP contribution in [-0.4, -0.2) is 39.4 Å². The van der Waals surface area contributed by atoms with Crippen molar-refractivity contribution in [2.75, 3.05) is 19.1 Å². The minimum atomic E-state index is -1.23. The van der Waals surface area contributed by atoms with Gasteiger partial charge in [-0.1, -0.05) is 0 Å². The molecule has 2 aliphatic rings. The van der Waals surface area contributed by atoms with Crippen molar-refractivity contribution in [1.82, 2.24) is 19.5 Å². The molecule has 0 saturated carbocycles. The van der Waals surface area contributed by atoms with Gasteiger partial charge in [0, 0.05) is 61.8 Å². The van der Waals surface area contributed by atoms with Crippen LogP contribution in [0.3, 0.4) is 0 Å². The van der Waals surface area contributed by atoms with Crippen molar-refractivity contribution in [3.63, 3.8) is 0 Å². The van der Waals surface area contributed by atoms with E-state index in [2.05, 4.69) is 20.3 Å². The number of aromatic nitrogens is 3. The van der Waals surface area contributed by atoms with Crippen molar-refractivity contribution in [3.8, 4) is 11.1 Å². The second-order valence-electron chi connectivity index (χ2n) is 8.43. The molecule has 3 aromatic rings. The van der Waals surface area contributed by atoms with Gasteiger partial charge in [-0.3, -0.25) is 20.1 Å². The van der Waals surface area contributed by atoms with Gasteiger partial charge in [-0.05, 0) is 36.3 Å². The fraction of sp³-hybridized carbons (Fsp3) is 0.292. The number of nitrogens with zero attached hydrogens (tertiary/aromatic N) is 4. The second kappa shape index (κ2) is 8.69. The summed E-state index contributed by atoms with van der Waals surface area (Å²) in [4.78, 5) is 23.7. The molecule has 0 amide bonds. The molecular formula is C24H22F3N5O2. The Morgan fingerprint density at radius 3 is 2.74 bits per heavy atom. The summed E-state index contributed by atoms with van der Waals surface area (Å²) in [6, 6.07) is 4.57. The Morgan fingerprint density at radius 2 is 1.94 bits per heavy atom. The van der Waals surface area contributed by atoms with Crippen LogP contribution in [0, 0.1) is 17.5 Å². The topological polar surface area (TPSA) is 72.3 Å². The first-order chi connectivity index (χ1) is 16.3. The third kappa shape index (κ3) is 3.99. The van der Waals surface area contributed by atoms with Crippen LogP contribution in [-0.2, 0) is 24.3 Å². The van der Waals surface area contributed by atoms with E-state index >= 15 is 0 Å². The minimum Gasteiger partial charge on any atom is -0.378 e. The summed E-state index contributed by atoms with van der Waals surface area (Å²) in [6.45, 7) is 3.36. The third-order valence-corrected chi connectivity index (χ3v) is 6.08. The molecular weight excluding hydrogens is 447 g/mol. The zero-order chi connectivity index (χ0) is 24.0. The lowest BCUT2D eigenvalue weighted by Crippen LogP contribution is -2.51. The summed E-state index contributed by atoms with van der Waals surface area (Å²) in [5.41, 5.74) is 6.58. The maximum Gasteiger partial charge on any atom is 0.272 e. The van der Waals surface area contributed by atoms with Gasteiger partial charge in [-0.15, -0.1) is 0 Å². The molecule has 0 spiro atoms. The molecule has 0 radical (unpaired) electrons. The first-order valence-electron chi connectivity index (χ1n) is 10.8. The molecule has 176 valence electrons. The lowest BCUT2D eigenvalue weighted by Gasteiger charge is -2.38. The van der Waals surface area contributed by atoms with Gasteiger partial charge in [-0.2, -0.15) is 0 Å². The highest BCUT2D eigenvalue weighted by Crippen LogP contribution is 2.30. The Bertz CT molecular complexity index is 1370. The van der Waals surface area contributed by atoms with Crippen LogP contribution in [0.5, 0.6) is 0 Å². The number of benzene rings is 1. The van der Waals surface area contributed by atoms with E-state index in [1.165, 1.54) is 16.9 Å². The number of fused-ring (bicyclic) bond motifs is 2. The van der Waals surface area contributed by atoms with E-state index in [0.29, 0.717) is 42.7 Å². The van der Waals surface area contributed by atoms with Gasteiger partial charge in [-0.25, -0.2) is 22.8 Å². The van der Waals surface area contributed by atoms with Gasteiger partial charge in [0.05, 0.1) is 12.3 Å². The number of ether oxygens (including phenoxy) is 1. The number of hydrogen-bond donors (Lipinski definition) is 1. The first kappa shape index (κ1) is 22.3. The summed E-state index contributed by atoms with van der Waals surface area (Å²) in [6.07, 6.45) is 3.72. The monoisotopic (exact) mass is 469 g/mol. The van der Waals surface area contributed by atoms with Gasteiger partial charge < -0.3 is 4.74 Å². The van der Waals surface area contributed by atoms with Crippen LogP contribution in [0.1, 0.15) is 29.7 Å². The quantitative estimate of drug-likeness (QED) is 0.592. The predicted molar refractivity (Wildman–Crippen MR) is 120 cm³/mol. The molecule has 1 aromatic carbocycles. The van der Waals surface area contributed by atoms with Gasteiger partial charge in [0.2, 0.25) is 0 Å². The standard InChI is InChI=1S/C24H22F3N5O2/c1-13-5-22-29-16(12-34-2)7-23(33)32(22)30-24(13)31-4-3-21-15(11-31)6-14(10-28-21)17-8-19(26)20(27)9-18(17)25/h5-10,24,30H,3-4,11-12H2,1-2H3. The molecule has 2 aromatic heterocycles. The van der Waals surface area contributed by atoms with E-state index in [-0.39, 0.29) is 23.9 Å². The Labute approximate surface area is 193 Å². The highest BCUT2D eigenvalue weighted by atomic mass is 19.2. The fourth-order valence-corrected chi connectivity index (χ4v) is 4.43. The smallest absolute Gasteiger partial charge is 0.272 e. The van der Waals surface area contributed by atoms with Crippen LogP contribution in [0.4, 0.5) is 13.2 Å². The third-order valence-electron chi connectivity index (χ3n) is 6.08. The molecule has 0 saturated heterocycles. The largest absolute Gasteiger partial charge is 0.378 e. The van der Waals surface area contributed by atoms with E-state index in [1.807, 2.05) is 13.0 Å². The predicted octanol–water partition coefficient (Wildman–Crippen LogP) is 3.21. The van der Waals surface area contributed by atoms with Crippen LogP contribution in [0.15, 0.2) is 40.8 Å².